The van der Waals surface area contributed by atoms with E-state index in [0.717, 1.165) is 22.3 Å². The van der Waals surface area contributed by atoms with E-state index in [0.29, 0.717) is 0 Å². The number of hydrogen-bond acceptors (Lipinski definition) is 4. The van der Waals surface area contributed by atoms with Crippen molar-refractivity contribution in [3.8, 4) is 0 Å². The van der Waals surface area contributed by atoms with Gasteiger partial charge in [0.15, 0.2) is 0 Å². The zero-order valence-corrected chi connectivity index (χ0v) is 9.99. The molecule has 2 N–H and O–H groups in total. The second-order valence-electron chi connectivity index (χ2n) is 4.21. The number of rotatable bonds is 2. The molecule has 0 aliphatic heterocycles. The van der Waals surface area contributed by atoms with Crippen LogP contribution in [-0.4, -0.2) is 19.7 Å². The molecule has 0 radical (unpaired) electrons. The van der Waals surface area contributed by atoms with Gasteiger partial charge in [0.2, 0.25) is 0 Å². The van der Waals surface area contributed by atoms with E-state index < -0.39 is 0 Å². The molecule has 2 heterocycles. The lowest BCUT2D eigenvalue weighted by molar-refractivity contribution is 0.763. The molecule has 0 aliphatic rings. The predicted octanol–water partition coefficient (Wildman–Crippen LogP) is 1.41. The molecule has 3 rings (SSSR count). The minimum absolute atomic E-state index is 0.296. The number of hydrogen-bond donors (Lipinski definition) is 1. The number of benzene rings is 1. The third kappa shape index (κ3) is 1.84. The Hall–Kier alpha value is -2.27. The van der Waals surface area contributed by atoms with Crippen molar-refractivity contribution in [3.63, 3.8) is 0 Å². The van der Waals surface area contributed by atoms with Gasteiger partial charge in [-0.1, -0.05) is 12.1 Å². The van der Waals surface area contributed by atoms with Gasteiger partial charge in [0.05, 0.1) is 35.2 Å². The fourth-order valence-electron chi connectivity index (χ4n) is 1.89. The molecule has 90 valence electrons. The van der Waals surface area contributed by atoms with Crippen molar-refractivity contribution in [1.29, 1.82) is 0 Å². The maximum Gasteiger partial charge on any atom is 0.0890 e. The molecule has 3 aromatic rings. The second-order valence-corrected chi connectivity index (χ2v) is 4.21. The molecule has 0 aliphatic carbocycles. The third-order valence-corrected chi connectivity index (χ3v) is 2.87. The summed E-state index contributed by atoms with van der Waals surface area (Å²) in [6.07, 6.45) is 5.36. The van der Waals surface area contributed by atoms with Gasteiger partial charge in [-0.05, 0) is 12.1 Å². The van der Waals surface area contributed by atoms with Crippen molar-refractivity contribution in [2.75, 3.05) is 0 Å². The first kappa shape index (κ1) is 10.9. The molecule has 1 aromatic carbocycles. The largest absolute Gasteiger partial charge is 0.319 e. The summed E-state index contributed by atoms with van der Waals surface area (Å²) in [4.78, 5) is 8.90. The van der Waals surface area contributed by atoms with Gasteiger partial charge in [0.25, 0.3) is 0 Å². The van der Waals surface area contributed by atoms with Crippen molar-refractivity contribution in [3.05, 3.63) is 54.1 Å². The lowest BCUT2D eigenvalue weighted by Crippen LogP contribution is -2.13. The second kappa shape index (κ2) is 4.19. The monoisotopic (exact) mass is 239 g/mol. The van der Waals surface area contributed by atoms with Crippen molar-refractivity contribution >= 4 is 11.0 Å². The minimum Gasteiger partial charge on any atom is -0.319 e. The van der Waals surface area contributed by atoms with Crippen LogP contribution in [0.1, 0.15) is 17.3 Å². The quantitative estimate of drug-likeness (QED) is 0.734. The van der Waals surface area contributed by atoms with Crippen molar-refractivity contribution < 1.29 is 0 Å². The minimum atomic E-state index is -0.296. The summed E-state index contributed by atoms with van der Waals surface area (Å²) in [7, 11) is 1.86. The van der Waals surface area contributed by atoms with Gasteiger partial charge in [-0.25, -0.2) is 4.98 Å². The molecule has 0 fully saturated rings. The molecule has 0 saturated carbocycles. The molecular weight excluding hydrogens is 226 g/mol. The number of nitrogens with zero attached hydrogens (tertiary/aromatic N) is 4. The van der Waals surface area contributed by atoms with Crippen LogP contribution in [0.2, 0.25) is 0 Å². The topological polar surface area (TPSA) is 69.6 Å². The Morgan fingerprint density at radius 3 is 2.67 bits per heavy atom. The standard InChI is InChI=1S/C13H13N5/c1-18-8-9(6-16-18)13(14)12-7-15-10-4-2-3-5-11(10)17-12/h2-8,13H,14H2,1H3. The van der Waals surface area contributed by atoms with E-state index in [1.807, 2.05) is 37.5 Å². The molecular formula is C13H13N5. The highest BCUT2D eigenvalue weighted by Crippen LogP contribution is 2.18. The summed E-state index contributed by atoms with van der Waals surface area (Å²) in [6, 6.07) is 7.45. The fraction of sp³-hybridized carbons (Fsp3) is 0.154. The van der Waals surface area contributed by atoms with Crippen LogP contribution >= 0.6 is 0 Å². The zero-order chi connectivity index (χ0) is 12.5. The number of aryl methyl sites for hydroxylation is 1. The van der Waals surface area contributed by atoms with Crippen molar-refractivity contribution in [2.24, 2.45) is 12.8 Å². The molecule has 1 unspecified atom stereocenters. The first-order chi connectivity index (χ1) is 8.74. The van der Waals surface area contributed by atoms with E-state index in [1.165, 1.54) is 0 Å². The molecule has 0 amide bonds. The first-order valence-corrected chi connectivity index (χ1v) is 5.70. The Bertz CT molecular complexity index is 688. The Morgan fingerprint density at radius 2 is 1.94 bits per heavy atom. The third-order valence-electron chi connectivity index (χ3n) is 2.87. The van der Waals surface area contributed by atoms with Gasteiger partial charge in [-0.2, -0.15) is 5.10 Å². The van der Waals surface area contributed by atoms with Gasteiger partial charge in [-0.15, -0.1) is 0 Å². The zero-order valence-electron chi connectivity index (χ0n) is 9.99. The molecule has 18 heavy (non-hydrogen) atoms. The van der Waals surface area contributed by atoms with Crippen LogP contribution in [0.4, 0.5) is 0 Å². The van der Waals surface area contributed by atoms with Gasteiger partial charge in [-0.3, -0.25) is 9.67 Å². The van der Waals surface area contributed by atoms with E-state index in [2.05, 4.69) is 15.1 Å². The smallest absolute Gasteiger partial charge is 0.0890 e. The van der Waals surface area contributed by atoms with Crippen LogP contribution in [-0.2, 0) is 7.05 Å². The van der Waals surface area contributed by atoms with Crippen LogP contribution in [0.3, 0.4) is 0 Å². The highest BCUT2D eigenvalue weighted by molar-refractivity contribution is 5.73. The number of fused-ring (bicyclic) bond motifs is 1. The average Bonchev–Trinajstić information content (AvgIpc) is 2.84. The van der Waals surface area contributed by atoms with E-state index in [1.54, 1.807) is 17.1 Å². The number of aromatic nitrogens is 4. The Kier molecular flexibility index (Phi) is 2.53. The highest BCUT2D eigenvalue weighted by Gasteiger charge is 2.13. The lowest BCUT2D eigenvalue weighted by atomic mass is 10.1. The van der Waals surface area contributed by atoms with E-state index >= 15 is 0 Å². The normalized spacial score (nSPS) is 12.8. The van der Waals surface area contributed by atoms with Crippen LogP contribution < -0.4 is 5.73 Å². The highest BCUT2D eigenvalue weighted by atomic mass is 15.2. The van der Waals surface area contributed by atoms with Gasteiger partial charge >= 0.3 is 0 Å². The molecule has 5 heteroatoms. The van der Waals surface area contributed by atoms with Crippen molar-refractivity contribution in [1.82, 2.24) is 19.7 Å². The maximum atomic E-state index is 6.16. The predicted molar refractivity (Wildman–Crippen MR) is 68.8 cm³/mol. The molecule has 0 spiro atoms. The summed E-state index contributed by atoms with van der Waals surface area (Å²) in [6.45, 7) is 0. The van der Waals surface area contributed by atoms with Crippen LogP contribution in [0.15, 0.2) is 42.9 Å². The average molecular weight is 239 g/mol. The van der Waals surface area contributed by atoms with Crippen LogP contribution in [0.25, 0.3) is 11.0 Å². The summed E-state index contributed by atoms with van der Waals surface area (Å²) >= 11 is 0. The van der Waals surface area contributed by atoms with Gasteiger partial charge in [0, 0.05) is 18.8 Å². The van der Waals surface area contributed by atoms with Crippen LogP contribution in [0, 0.1) is 0 Å². The maximum absolute atomic E-state index is 6.16. The molecule has 5 nitrogen and oxygen atoms in total. The summed E-state index contributed by atoms with van der Waals surface area (Å²) in [5.74, 6) is 0. The fourth-order valence-corrected chi connectivity index (χ4v) is 1.89. The number of para-hydroxylation sites is 2. The van der Waals surface area contributed by atoms with E-state index in [4.69, 9.17) is 5.73 Å². The molecule has 1 atom stereocenters. The van der Waals surface area contributed by atoms with Gasteiger partial charge < -0.3 is 5.73 Å². The Balaban J connectivity index is 2.03. The Labute approximate surface area is 104 Å². The summed E-state index contributed by atoms with van der Waals surface area (Å²) in [5, 5.41) is 4.11. The van der Waals surface area contributed by atoms with Crippen LogP contribution in [0.5, 0.6) is 0 Å². The lowest BCUT2D eigenvalue weighted by Gasteiger charge is -2.09. The van der Waals surface area contributed by atoms with E-state index in [9.17, 15) is 0 Å². The van der Waals surface area contributed by atoms with E-state index in [-0.39, 0.29) is 6.04 Å². The molecule has 0 saturated heterocycles. The van der Waals surface area contributed by atoms with Gasteiger partial charge in [0.1, 0.15) is 0 Å². The SMILES string of the molecule is Cn1cc(C(N)c2cnc3ccccc3n2)cn1. The molecule has 0 bridgehead atoms. The first-order valence-electron chi connectivity index (χ1n) is 5.70. The Morgan fingerprint density at radius 1 is 1.17 bits per heavy atom. The summed E-state index contributed by atoms with van der Waals surface area (Å²) < 4.78 is 1.73. The molecule has 2 aromatic heterocycles. The number of nitrogens with two attached hydrogens (primary N) is 1. The van der Waals surface area contributed by atoms with Crippen molar-refractivity contribution in [2.45, 2.75) is 6.04 Å². The summed E-state index contributed by atoms with van der Waals surface area (Å²) in [5.41, 5.74) is 9.58.